The van der Waals surface area contributed by atoms with Crippen molar-refractivity contribution in [3.8, 4) is 0 Å². The SMILES string of the molecule is CNc1cc(C(=O)N[C@@H](C)c2ccc3c(c2)CC(=O)N3)cc(Cl)n1. The van der Waals surface area contributed by atoms with E-state index < -0.39 is 0 Å². The Kier molecular flexibility index (Phi) is 4.40. The Hall–Kier alpha value is -2.60. The molecule has 1 aromatic heterocycles. The second-order valence-corrected chi connectivity index (χ2v) is 6.04. The summed E-state index contributed by atoms with van der Waals surface area (Å²) in [7, 11) is 1.71. The van der Waals surface area contributed by atoms with E-state index in [2.05, 4.69) is 20.9 Å². The maximum Gasteiger partial charge on any atom is 0.251 e. The number of amides is 2. The standard InChI is InChI=1S/C17H17ClN4O2/c1-9(10-3-4-13-11(5-10)8-16(23)21-13)20-17(24)12-6-14(18)22-15(7-12)19-2/h3-7,9H,8H2,1-2H3,(H,19,22)(H,20,24)(H,21,23)/t9-/m0/s1. The number of benzene rings is 1. The monoisotopic (exact) mass is 344 g/mol. The number of fused-ring (bicyclic) bond motifs is 1. The molecule has 124 valence electrons. The molecule has 0 saturated carbocycles. The zero-order chi connectivity index (χ0) is 17.3. The van der Waals surface area contributed by atoms with Crippen LogP contribution in [0.3, 0.4) is 0 Å². The van der Waals surface area contributed by atoms with Crippen molar-refractivity contribution in [1.29, 1.82) is 0 Å². The quantitative estimate of drug-likeness (QED) is 0.745. The van der Waals surface area contributed by atoms with Crippen LogP contribution in [0, 0.1) is 0 Å². The molecule has 24 heavy (non-hydrogen) atoms. The molecule has 1 aromatic carbocycles. The van der Waals surface area contributed by atoms with Gasteiger partial charge in [-0.2, -0.15) is 0 Å². The van der Waals surface area contributed by atoms with Gasteiger partial charge in [0.2, 0.25) is 5.91 Å². The smallest absolute Gasteiger partial charge is 0.251 e. The van der Waals surface area contributed by atoms with Crippen LogP contribution in [0.5, 0.6) is 0 Å². The molecule has 0 radical (unpaired) electrons. The van der Waals surface area contributed by atoms with E-state index in [-0.39, 0.29) is 23.0 Å². The van der Waals surface area contributed by atoms with Gasteiger partial charge in [0.05, 0.1) is 12.5 Å². The Labute approximate surface area is 144 Å². The molecule has 1 aliphatic heterocycles. The minimum atomic E-state index is -0.238. The highest BCUT2D eigenvalue weighted by Crippen LogP contribution is 2.26. The first-order valence-corrected chi connectivity index (χ1v) is 7.93. The summed E-state index contributed by atoms with van der Waals surface area (Å²) in [6.45, 7) is 1.89. The van der Waals surface area contributed by atoms with E-state index in [9.17, 15) is 9.59 Å². The van der Waals surface area contributed by atoms with Gasteiger partial charge < -0.3 is 16.0 Å². The second kappa shape index (κ2) is 6.49. The van der Waals surface area contributed by atoms with Gasteiger partial charge in [0.15, 0.2) is 0 Å². The summed E-state index contributed by atoms with van der Waals surface area (Å²) in [5, 5.41) is 8.85. The summed E-state index contributed by atoms with van der Waals surface area (Å²) >= 11 is 5.93. The highest BCUT2D eigenvalue weighted by molar-refractivity contribution is 6.29. The number of anilines is 2. The van der Waals surface area contributed by atoms with Gasteiger partial charge in [-0.1, -0.05) is 23.7 Å². The Morgan fingerprint density at radius 2 is 2.12 bits per heavy atom. The molecule has 2 amide bonds. The van der Waals surface area contributed by atoms with Crippen LogP contribution >= 0.6 is 11.6 Å². The third kappa shape index (κ3) is 3.33. The van der Waals surface area contributed by atoms with E-state index in [1.54, 1.807) is 13.1 Å². The Balaban J connectivity index is 1.76. The Morgan fingerprint density at radius 1 is 1.33 bits per heavy atom. The number of carbonyl (C=O) groups is 2. The number of hydrogen-bond donors (Lipinski definition) is 3. The Morgan fingerprint density at radius 3 is 2.88 bits per heavy atom. The first-order valence-electron chi connectivity index (χ1n) is 7.55. The summed E-state index contributed by atoms with van der Waals surface area (Å²) < 4.78 is 0. The van der Waals surface area contributed by atoms with E-state index in [1.165, 1.54) is 6.07 Å². The van der Waals surface area contributed by atoms with E-state index in [4.69, 9.17) is 11.6 Å². The van der Waals surface area contributed by atoms with Crippen molar-refractivity contribution in [2.24, 2.45) is 0 Å². The highest BCUT2D eigenvalue weighted by Gasteiger charge is 2.20. The minimum absolute atomic E-state index is 0.00939. The topological polar surface area (TPSA) is 83.1 Å². The number of aromatic nitrogens is 1. The largest absolute Gasteiger partial charge is 0.373 e. The second-order valence-electron chi connectivity index (χ2n) is 5.65. The van der Waals surface area contributed by atoms with Crippen LogP contribution in [-0.2, 0) is 11.2 Å². The van der Waals surface area contributed by atoms with Crippen LogP contribution in [0.2, 0.25) is 5.15 Å². The van der Waals surface area contributed by atoms with Gasteiger partial charge in [0.1, 0.15) is 11.0 Å². The van der Waals surface area contributed by atoms with Crippen molar-refractivity contribution in [2.75, 3.05) is 17.7 Å². The van der Waals surface area contributed by atoms with Crippen molar-refractivity contribution >= 4 is 34.9 Å². The van der Waals surface area contributed by atoms with Crippen LogP contribution in [0.1, 0.15) is 34.5 Å². The van der Waals surface area contributed by atoms with Crippen LogP contribution in [0.4, 0.5) is 11.5 Å². The van der Waals surface area contributed by atoms with Crippen LogP contribution in [-0.4, -0.2) is 23.8 Å². The lowest BCUT2D eigenvalue weighted by molar-refractivity contribution is -0.115. The number of rotatable bonds is 4. The molecule has 2 aromatic rings. The maximum atomic E-state index is 12.4. The van der Waals surface area contributed by atoms with Gasteiger partial charge in [0, 0.05) is 18.3 Å². The van der Waals surface area contributed by atoms with Gasteiger partial charge in [-0.15, -0.1) is 0 Å². The van der Waals surface area contributed by atoms with E-state index in [0.29, 0.717) is 17.8 Å². The van der Waals surface area contributed by atoms with Crippen molar-refractivity contribution in [2.45, 2.75) is 19.4 Å². The molecule has 7 heteroatoms. The maximum absolute atomic E-state index is 12.4. The van der Waals surface area contributed by atoms with Gasteiger partial charge in [0.25, 0.3) is 5.91 Å². The van der Waals surface area contributed by atoms with Gasteiger partial charge in [-0.3, -0.25) is 9.59 Å². The molecule has 0 aliphatic carbocycles. The lowest BCUT2D eigenvalue weighted by atomic mass is 10.0. The normalized spacial score (nSPS) is 13.9. The lowest BCUT2D eigenvalue weighted by Crippen LogP contribution is -2.26. The number of pyridine rings is 1. The molecular weight excluding hydrogens is 328 g/mol. The third-order valence-corrected chi connectivity index (χ3v) is 4.11. The molecule has 6 nitrogen and oxygen atoms in total. The third-order valence-electron chi connectivity index (χ3n) is 3.91. The van der Waals surface area contributed by atoms with Crippen LogP contribution in [0.15, 0.2) is 30.3 Å². The first-order chi connectivity index (χ1) is 11.5. The van der Waals surface area contributed by atoms with Crippen molar-refractivity contribution < 1.29 is 9.59 Å². The number of carbonyl (C=O) groups excluding carboxylic acids is 2. The molecule has 0 bridgehead atoms. The molecule has 0 spiro atoms. The molecule has 0 unspecified atom stereocenters. The molecule has 2 heterocycles. The number of nitrogens with zero attached hydrogens (tertiary/aromatic N) is 1. The zero-order valence-corrected chi connectivity index (χ0v) is 14.1. The summed E-state index contributed by atoms with van der Waals surface area (Å²) in [5.74, 6) is 0.283. The summed E-state index contributed by atoms with van der Waals surface area (Å²) in [6.07, 6.45) is 0.370. The number of hydrogen-bond acceptors (Lipinski definition) is 4. The zero-order valence-electron chi connectivity index (χ0n) is 13.3. The molecule has 3 N–H and O–H groups in total. The summed E-state index contributed by atoms with van der Waals surface area (Å²) in [5.41, 5.74) is 3.15. The van der Waals surface area contributed by atoms with Crippen molar-refractivity contribution in [3.63, 3.8) is 0 Å². The molecule has 0 fully saturated rings. The molecule has 1 aliphatic rings. The molecule has 3 rings (SSSR count). The average molecular weight is 345 g/mol. The Bertz CT molecular complexity index is 822. The van der Waals surface area contributed by atoms with E-state index in [0.717, 1.165) is 16.8 Å². The fraction of sp³-hybridized carbons (Fsp3) is 0.235. The van der Waals surface area contributed by atoms with Gasteiger partial charge in [-0.25, -0.2) is 4.98 Å². The van der Waals surface area contributed by atoms with Crippen LogP contribution < -0.4 is 16.0 Å². The van der Waals surface area contributed by atoms with Gasteiger partial charge in [-0.05, 0) is 36.2 Å². The lowest BCUT2D eigenvalue weighted by Gasteiger charge is -2.16. The number of nitrogens with one attached hydrogen (secondary N) is 3. The minimum Gasteiger partial charge on any atom is -0.373 e. The average Bonchev–Trinajstić information content (AvgIpc) is 2.93. The van der Waals surface area contributed by atoms with Gasteiger partial charge >= 0.3 is 0 Å². The summed E-state index contributed by atoms with van der Waals surface area (Å²) in [6, 6.07) is 8.66. The fourth-order valence-corrected chi connectivity index (χ4v) is 2.85. The van der Waals surface area contributed by atoms with Crippen LogP contribution in [0.25, 0.3) is 0 Å². The molecular formula is C17H17ClN4O2. The highest BCUT2D eigenvalue weighted by atomic mass is 35.5. The number of halogens is 1. The van der Waals surface area contributed by atoms with E-state index >= 15 is 0 Å². The predicted molar refractivity (Wildman–Crippen MR) is 93.5 cm³/mol. The molecule has 1 atom stereocenters. The predicted octanol–water partition coefficient (Wildman–Crippen LogP) is 2.76. The van der Waals surface area contributed by atoms with Crippen molar-refractivity contribution in [1.82, 2.24) is 10.3 Å². The fourth-order valence-electron chi connectivity index (χ4n) is 2.64. The molecule has 0 saturated heterocycles. The summed E-state index contributed by atoms with van der Waals surface area (Å²) in [4.78, 5) is 27.9. The van der Waals surface area contributed by atoms with E-state index in [1.807, 2.05) is 25.1 Å². The van der Waals surface area contributed by atoms with Crippen molar-refractivity contribution in [3.05, 3.63) is 52.2 Å². The first kappa shape index (κ1) is 16.3.